The van der Waals surface area contributed by atoms with Crippen LogP contribution in [0, 0.1) is 0 Å². The Kier molecular flexibility index (Phi) is 13.7. The van der Waals surface area contributed by atoms with Crippen molar-refractivity contribution in [3.05, 3.63) is 29.8 Å². The molecule has 0 aliphatic heterocycles. The number of aromatic hydroxyl groups is 1. The first kappa shape index (κ1) is 29.2. The van der Waals surface area contributed by atoms with Crippen molar-refractivity contribution in [3.63, 3.8) is 0 Å². The highest BCUT2D eigenvalue weighted by molar-refractivity contribution is 7.98. The molecule has 12 heteroatoms. The maximum atomic E-state index is 12.7. The number of aliphatic carboxylic acids is 1. The van der Waals surface area contributed by atoms with Crippen LogP contribution in [0.3, 0.4) is 0 Å². The van der Waals surface area contributed by atoms with Gasteiger partial charge in [-0.3, -0.25) is 14.4 Å². The van der Waals surface area contributed by atoms with Gasteiger partial charge in [0.2, 0.25) is 17.7 Å². The summed E-state index contributed by atoms with van der Waals surface area (Å²) in [7, 11) is 0. The monoisotopic (exact) mass is 497 g/mol. The summed E-state index contributed by atoms with van der Waals surface area (Å²) in [5, 5.41) is 26.2. The van der Waals surface area contributed by atoms with Gasteiger partial charge in [-0.25, -0.2) is 4.79 Å². The largest absolute Gasteiger partial charge is 0.508 e. The lowest BCUT2D eigenvalue weighted by Gasteiger charge is -2.21. The van der Waals surface area contributed by atoms with Crippen LogP contribution in [0.2, 0.25) is 0 Å². The fraction of sp³-hybridized carbons (Fsp3) is 0.545. The predicted molar refractivity (Wildman–Crippen MR) is 130 cm³/mol. The van der Waals surface area contributed by atoms with Crippen molar-refractivity contribution >= 4 is 35.5 Å². The van der Waals surface area contributed by atoms with E-state index in [9.17, 15) is 29.4 Å². The lowest BCUT2D eigenvalue weighted by Crippen LogP contribution is -2.54. The van der Waals surface area contributed by atoms with Crippen LogP contribution in [0.25, 0.3) is 0 Å². The number of unbranched alkanes of at least 4 members (excludes halogenated alkanes) is 1. The van der Waals surface area contributed by atoms with Gasteiger partial charge in [-0.2, -0.15) is 11.8 Å². The molecule has 0 aliphatic rings. The number of phenols is 1. The molecule has 3 atom stereocenters. The summed E-state index contributed by atoms with van der Waals surface area (Å²) in [5.41, 5.74) is 12.1. The van der Waals surface area contributed by atoms with E-state index in [1.165, 1.54) is 23.9 Å². The average molecular weight is 498 g/mol. The van der Waals surface area contributed by atoms with Crippen LogP contribution < -0.4 is 27.4 Å². The SMILES string of the molecule is CSCCC(NC(=O)CNC(=O)C(N)Cc1ccc(O)cc1)C(=O)NC(CCCCN)C(=O)O. The van der Waals surface area contributed by atoms with Gasteiger partial charge in [0.05, 0.1) is 12.6 Å². The van der Waals surface area contributed by atoms with Crippen molar-refractivity contribution in [2.24, 2.45) is 11.5 Å². The molecule has 0 saturated heterocycles. The van der Waals surface area contributed by atoms with E-state index in [2.05, 4.69) is 16.0 Å². The number of nitrogens with one attached hydrogen (secondary N) is 3. The normalized spacial score (nSPS) is 13.4. The molecule has 0 aliphatic carbocycles. The van der Waals surface area contributed by atoms with Crippen molar-refractivity contribution in [1.29, 1.82) is 0 Å². The molecule has 190 valence electrons. The van der Waals surface area contributed by atoms with Gasteiger partial charge in [0.25, 0.3) is 0 Å². The first-order valence-electron chi connectivity index (χ1n) is 11.0. The number of benzene rings is 1. The Morgan fingerprint density at radius 1 is 1.00 bits per heavy atom. The van der Waals surface area contributed by atoms with Gasteiger partial charge in [0.1, 0.15) is 17.8 Å². The molecule has 0 heterocycles. The Bertz CT molecular complexity index is 807. The number of hydrogen-bond acceptors (Lipinski definition) is 8. The minimum atomic E-state index is -1.16. The second-order valence-corrected chi connectivity index (χ2v) is 8.77. The number of nitrogens with two attached hydrogens (primary N) is 2. The van der Waals surface area contributed by atoms with Crippen LogP contribution in [-0.2, 0) is 25.6 Å². The molecular weight excluding hydrogens is 462 g/mol. The highest BCUT2D eigenvalue weighted by Crippen LogP contribution is 2.11. The summed E-state index contributed by atoms with van der Waals surface area (Å²) < 4.78 is 0. The van der Waals surface area contributed by atoms with Gasteiger partial charge in [0, 0.05) is 0 Å². The maximum Gasteiger partial charge on any atom is 0.326 e. The van der Waals surface area contributed by atoms with Crippen molar-refractivity contribution in [2.75, 3.05) is 25.1 Å². The number of rotatable bonds is 16. The minimum absolute atomic E-state index is 0.101. The van der Waals surface area contributed by atoms with Gasteiger partial charge in [-0.05, 0) is 68.4 Å². The Hall–Kier alpha value is -2.83. The standard InChI is InChI=1S/C22H35N5O6S/c1-34-11-9-17(21(31)27-18(22(32)33)4-2-3-10-23)26-19(29)13-25-20(30)16(24)12-14-5-7-15(28)8-6-14/h5-8,16-18,28H,2-4,9-13,23-24H2,1H3,(H,25,30)(H,26,29)(H,27,31)(H,32,33). The fourth-order valence-electron chi connectivity index (χ4n) is 3.05. The van der Waals surface area contributed by atoms with E-state index in [1.807, 2.05) is 6.26 Å². The molecule has 0 aromatic heterocycles. The quantitative estimate of drug-likeness (QED) is 0.145. The van der Waals surface area contributed by atoms with E-state index < -0.39 is 41.8 Å². The highest BCUT2D eigenvalue weighted by atomic mass is 32.2. The second kappa shape index (κ2) is 15.9. The summed E-state index contributed by atoms with van der Waals surface area (Å²) in [5.74, 6) is -2.23. The molecule has 0 bridgehead atoms. The van der Waals surface area contributed by atoms with Crippen molar-refractivity contribution in [1.82, 2.24) is 16.0 Å². The number of carboxylic acids is 1. The number of amides is 3. The average Bonchev–Trinajstić information content (AvgIpc) is 2.80. The number of carbonyl (C=O) groups excluding carboxylic acids is 3. The molecule has 0 fully saturated rings. The molecule has 1 aromatic rings. The van der Waals surface area contributed by atoms with E-state index in [1.54, 1.807) is 12.1 Å². The molecule has 1 aromatic carbocycles. The van der Waals surface area contributed by atoms with Crippen molar-refractivity contribution in [2.45, 2.75) is 50.2 Å². The minimum Gasteiger partial charge on any atom is -0.508 e. The summed E-state index contributed by atoms with van der Waals surface area (Å²) in [6, 6.07) is 3.33. The summed E-state index contributed by atoms with van der Waals surface area (Å²) in [6.45, 7) is 0.0427. The first-order valence-corrected chi connectivity index (χ1v) is 12.4. The van der Waals surface area contributed by atoms with E-state index in [0.29, 0.717) is 31.6 Å². The molecule has 0 saturated carbocycles. The third-order valence-electron chi connectivity index (χ3n) is 4.98. The highest BCUT2D eigenvalue weighted by Gasteiger charge is 2.26. The van der Waals surface area contributed by atoms with Gasteiger partial charge >= 0.3 is 5.97 Å². The molecule has 0 radical (unpaired) electrons. The Labute approximate surface area is 203 Å². The molecular formula is C22H35N5O6S. The summed E-state index contributed by atoms with van der Waals surface area (Å²) >= 11 is 1.48. The van der Waals surface area contributed by atoms with Gasteiger partial charge in [0.15, 0.2) is 0 Å². The molecule has 1 rings (SSSR count). The van der Waals surface area contributed by atoms with Crippen LogP contribution >= 0.6 is 11.8 Å². The number of carbonyl (C=O) groups is 4. The summed E-state index contributed by atoms with van der Waals surface area (Å²) in [4.78, 5) is 48.7. The van der Waals surface area contributed by atoms with Crippen molar-refractivity contribution in [3.8, 4) is 5.75 Å². The Morgan fingerprint density at radius 2 is 1.68 bits per heavy atom. The Morgan fingerprint density at radius 3 is 2.26 bits per heavy atom. The smallest absolute Gasteiger partial charge is 0.326 e. The van der Waals surface area contributed by atoms with Gasteiger partial charge in [-0.15, -0.1) is 0 Å². The molecule has 11 nitrogen and oxygen atoms in total. The zero-order valence-electron chi connectivity index (χ0n) is 19.3. The number of carboxylic acid groups (broad SMARTS) is 1. The lowest BCUT2D eigenvalue weighted by molar-refractivity contribution is -0.142. The molecule has 3 unspecified atom stereocenters. The van der Waals surface area contributed by atoms with Crippen LogP contribution in [0.5, 0.6) is 5.75 Å². The zero-order chi connectivity index (χ0) is 25.5. The van der Waals surface area contributed by atoms with E-state index >= 15 is 0 Å². The number of thioether (sulfide) groups is 1. The molecule has 34 heavy (non-hydrogen) atoms. The van der Waals surface area contributed by atoms with Crippen LogP contribution in [0.4, 0.5) is 0 Å². The second-order valence-electron chi connectivity index (χ2n) is 7.78. The third kappa shape index (κ3) is 11.3. The summed E-state index contributed by atoms with van der Waals surface area (Å²) in [6.07, 6.45) is 3.78. The van der Waals surface area contributed by atoms with Gasteiger partial charge in [-0.1, -0.05) is 12.1 Å². The third-order valence-corrected chi connectivity index (χ3v) is 5.62. The van der Waals surface area contributed by atoms with E-state index in [4.69, 9.17) is 11.5 Å². The zero-order valence-corrected chi connectivity index (χ0v) is 20.1. The van der Waals surface area contributed by atoms with Crippen molar-refractivity contribution < 1.29 is 29.4 Å². The fourth-order valence-corrected chi connectivity index (χ4v) is 3.52. The van der Waals surface area contributed by atoms with Crippen LogP contribution in [-0.4, -0.2) is 77.1 Å². The van der Waals surface area contributed by atoms with E-state index in [-0.39, 0.29) is 25.1 Å². The molecule has 0 spiro atoms. The maximum absolute atomic E-state index is 12.7. The van der Waals surface area contributed by atoms with Crippen LogP contribution in [0.1, 0.15) is 31.2 Å². The first-order chi connectivity index (χ1) is 16.2. The lowest BCUT2D eigenvalue weighted by atomic mass is 10.1. The predicted octanol–water partition coefficient (Wildman–Crippen LogP) is -0.685. The number of phenolic OH excluding ortho intramolecular Hbond substituents is 1. The van der Waals surface area contributed by atoms with Crippen LogP contribution in [0.15, 0.2) is 24.3 Å². The molecule has 3 amide bonds. The molecule has 9 N–H and O–H groups in total. The number of hydrogen-bond donors (Lipinski definition) is 7. The van der Waals surface area contributed by atoms with E-state index in [0.717, 1.165) is 5.56 Å². The van der Waals surface area contributed by atoms with Gasteiger partial charge < -0.3 is 37.6 Å². The Balaban J connectivity index is 2.60. The topological polar surface area (TPSA) is 197 Å².